The summed E-state index contributed by atoms with van der Waals surface area (Å²) in [6.07, 6.45) is 0. The Morgan fingerprint density at radius 2 is 1.88 bits per heavy atom. The van der Waals surface area contributed by atoms with Crippen LogP contribution in [0.15, 0.2) is 18.2 Å². The van der Waals surface area contributed by atoms with Crippen LogP contribution in [0, 0.1) is 6.92 Å². The van der Waals surface area contributed by atoms with Gasteiger partial charge in [-0.05, 0) is 32.4 Å². The molecule has 0 aliphatic carbocycles. The first kappa shape index (κ1) is 10.7. The zero-order chi connectivity index (χ0) is 11.9. The fraction of sp³-hybridized carbons (Fsp3) is 0.333. The highest BCUT2D eigenvalue weighted by atomic mass is 16.2. The summed E-state index contributed by atoms with van der Waals surface area (Å²) < 4.78 is 0. The van der Waals surface area contributed by atoms with Gasteiger partial charge in [0.1, 0.15) is 5.54 Å². The number of benzene rings is 1. The molecule has 1 aromatic carbocycles. The van der Waals surface area contributed by atoms with Crippen LogP contribution in [0.3, 0.4) is 0 Å². The molecule has 0 aromatic heterocycles. The van der Waals surface area contributed by atoms with Crippen molar-refractivity contribution in [2.45, 2.75) is 26.3 Å². The average molecular weight is 218 g/mol. The van der Waals surface area contributed by atoms with Crippen molar-refractivity contribution in [2.24, 2.45) is 0 Å². The Bertz CT molecular complexity index is 478. The largest absolute Gasteiger partial charge is 0.338 e. The zero-order valence-corrected chi connectivity index (χ0v) is 9.55. The Balaban J connectivity index is 2.58. The highest BCUT2D eigenvalue weighted by Gasteiger charge is 2.34. The number of amides is 2. The van der Waals surface area contributed by atoms with E-state index in [4.69, 9.17) is 0 Å². The highest BCUT2D eigenvalue weighted by molar-refractivity contribution is 6.12. The second kappa shape index (κ2) is 3.33. The van der Waals surface area contributed by atoms with Gasteiger partial charge in [-0.15, -0.1) is 0 Å². The van der Waals surface area contributed by atoms with E-state index < -0.39 is 5.54 Å². The molecule has 0 unspecified atom stereocenters. The first-order valence-electron chi connectivity index (χ1n) is 5.15. The van der Waals surface area contributed by atoms with Gasteiger partial charge in [0, 0.05) is 0 Å². The number of hydrogen-bond acceptors (Lipinski definition) is 2. The molecule has 0 saturated carbocycles. The lowest BCUT2D eigenvalue weighted by molar-refractivity contribution is -0.120. The van der Waals surface area contributed by atoms with Crippen molar-refractivity contribution in [2.75, 3.05) is 5.32 Å². The molecule has 2 N–H and O–H groups in total. The molecule has 4 nitrogen and oxygen atoms in total. The summed E-state index contributed by atoms with van der Waals surface area (Å²) in [5.41, 5.74) is 1.09. The number of nitrogens with one attached hydrogen (secondary N) is 2. The van der Waals surface area contributed by atoms with Gasteiger partial charge in [0.15, 0.2) is 0 Å². The van der Waals surface area contributed by atoms with E-state index in [-0.39, 0.29) is 11.8 Å². The number of carbonyl (C=O) groups is 2. The Hall–Kier alpha value is -1.84. The molecular weight excluding hydrogens is 204 g/mol. The van der Waals surface area contributed by atoms with Crippen molar-refractivity contribution in [3.8, 4) is 0 Å². The van der Waals surface area contributed by atoms with Crippen LogP contribution in [0.4, 0.5) is 5.69 Å². The molecule has 0 radical (unpaired) electrons. The first-order valence-corrected chi connectivity index (χ1v) is 5.15. The normalized spacial score (nSPS) is 18.2. The minimum atomic E-state index is -0.886. The van der Waals surface area contributed by atoms with Gasteiger partial charge >= 0.3 is 0 Å². The molecule has 2 amide bonds. The number of fused-ring (bicyclic) bond motifs is 1. The molecule has 84 valence electrons. The van der Waals surface area contributed by atoms with Crippen LogP contribution < -0.4 is 10.6 Å². The third-order valence-electron chi connectivity index (χ3n) is 2.74. The molecule has 2 rings (SSSR count). The summed E-state index contributed by atoms with van der Waals surface area (Å²) in [7, 11) is 0. The zero-order valence-electron chi connectivity index (χ0n) is 9.55. The Morgan fingerprint density at radius 1 is 1.19 bits per heavy atom. The fourth-order valence-electron chi connectivity index (χ4n) is 1.75. The van der Waals surface area contributed by atoms with E-state index >= 15 is 0 Å². The van der Waals surface area contributed by atoms with Crippen LogP contribution in [0.5, 0.6) is 0 Å². The Kier molecular flexibility index (Phi) is 2.22. The quantitative estimate of drug-likeness (QED) is 0.692. The number of aryl methyl sites for hydroxylation is 1. The van der Waals surface area contributed by atoms with Crippen LogP contribution in [-0.2, 0) is 4.79 Å². The maximum absolute atomic E-state index is 12.0. The van der Waals surface area contributed by atoms with Crippen molar-refractivity contribution in [3.63, 3.8) is 0 Å². The van der Waals surface area contributed by atoms with Gasteiger partial charge in [-0.25, -0.2) is 0 Å². The molecular formula is C12H14N2O2. The third kappa shape index (κ3) is 1.56. The third-order valence-corrected chi connectivity index (χ3v) is 2.74. The minimum absolute atomic E-state index is 0.204. The predicted molar refractivity (Wildman–Crippen MR) is 61.4 cm³/mol. The van der Waals surface area contributed by atoms with Gasteiger partial charge in [-0.1, -0.05) is 12.1 Å². The van der Waals surface area contributed by atoms with Gasteiger partial charge in [0.25, 0.3) is 5.91 Å². The van der Waals surface area contributed by atoms with Gasteiger partial charge in [-0.3, -0.25) is 9.59 Å². The Labute approximate surface area is 94.0 Å². The summed E-state index contributed by atoms with van der Waals surface area (Å²) >= 11 is 0. The maximum atomic E-state index is 12.0. The summed E-state index contributed by atoms with van der Waals surface area (Å²) in [5, 5.41) is 5.48. The van der Waals surface area contributed by atoms with E-state index in [0.717, 1.165) is 5.56 Å². The molecule has 0 spiro atoms. The molecule has 1 aromatic rings. The van der Waals surface area contributed by atoms with Gasteiger partial charge < -0.3 is 10.6 Å². The van der Waals surface area contributed by atoms with Crippen molar-refractivity contribution in [3.05, 3.63) is 29.3 Å². The van der Waals surface area contributed by atoms with Crippen LogP contribution in [0.2, 0.25) is 0 Å². The molecule has 16 heavy (non-hydrogen) atoms. The summed E-state index contributed by atoms with van der Waals surface area (Å²) in [4.78, 5) is 23.8. The van der Waals surface area contributed by atoms with Gasteiger partial charge in [0.2, 0.25) is 5.91 Å². The number of hydrogen-bond donors (Lipinski definition) is 2. The first-order chi connectivity index (χ1) is 7.42. The maximum Gasteiger partial charge on any atom is 0.254 e. The molecule has 1 heterocycles. The second-order valence-corrected chi connectivity index (χ2v) is 4.53. The van der Waals surface area contributed by atoms with E-state index in [1.807, 2.05) is 19.1 Å². The standard InChI is InChI=1S/C12H14N2O2/c1-7-5-4-6-8-9(7)10(15)14-12(2,3)11(16)13-8/h4-6H,1-3H3,(H,13,16)(H,14,15). The van der Waals surface area contributed by atoms with Crippen molar-refractivity contribution in [1.29, 1.82) is 0 Å². The molecule has 4 heteroatoms. The highest BCUT2D eigenvalue weighted by Crippen LogP contribution is 2.24. The van der Waals surface area contributed by atoms with E-state index in [1.165, 1.54) is 0 Å². The molecule has 1 aliphatic heterocycles. The SMILES string of the molecule is Cc1cccc2c1C(=O)NC(C)(C)C(=O)N2. The van der Waals surface area contributed by atoms with E-state index in [2.05, 4.69) is 10.6 Å². The van der Waals surface area contributed by atoms with E-state index in [0.29, 0.717) is 11.3 Å². The van der Waals surface area contributed by atoms with Gasteiger partial charge in [-0.2, -0.15) is 0 Å². The van der Waals surface area contributed by atoms with Gasteiger partial charge in [0.05, 0.1) is 11.3 Å². The monoisotopic (exact) mass is 218 g/mol. The molecule has 0 fully saturated rings. The second-order valence-electron chi connectivity index (χ2n) is 4.53. The van der Waals surface area contributed by atoms with Crippen molar-refractivity contribution in [1.82, 2.24) is 5.32 Å². The summed E-state index contributed by atoms with van der Waals surface area (Å²) in [6.45, 7) is 5.21. The van der Waals surface area contributed by atoms with Crippen LogP contribution in [-0.4, -0.2) is 17.4 Å². The van der Waals surface area contributed by atoms with Crippen molar-refractivity contribution < 1.29 is 9.59 Å². The lowest BCUT2D eigenvalue weighted by atomic mass is 10.0. The van der Waals surface area contributed by atoms with E-state index in [9.17, 15) is 9.59 Å². The summed E-state index contributed by atoms with van der Waals surface area (Å²) in [5.74, 6) is -0.415. The molecule has 0 atom stereocenters. The summed E-state index contributed by atoms with van der Waals surface area (Å²) in [6, 6.07) is 5.41. The van der Waals surface area contributed by atoms with Crippen molar-refractivity contribution >= 4 is 17.5 Å². The van der Waals surface area contributed by atoms with Crippen LogP contribution >= 0.6 is 0 Å². The predicted octanol–water partition coefficient (Wildman–Crippen LogP) is 1.46. The Morgan fingerprint density at radius 3 is 2.56 bits per heavy atom. The molecule has 0 bridgehead atoms. The number of carbonyl (C=O) groups excluding carboxylic acids is 2. The smallest absolute Gasteiger partial charge is 0.254 e. The molecule has 0 saturated heterocycles. The fourth-order valence-corrected chi connectivity index (χ4v) is 1.75. The lowest BCUT2D eigenvalue weighted by Gasteiger charge is -2.21. The molecule has 1 aliphatic rings. The van der Waals surface area contributed by atoms with Crippen LogP contribution in [0.25, 0.3) is 0 Å². The number of rotatable bonds is 0. The topological polar surface area (TPSA) is 58.2 Å². The van der Waals surface area contributed by atoms with E-state index in [1.54, 1.807) is 19.9 Å². The number of anilines is 1. The minimum Gasteiger partial charge on any atom is -0.338 e. The lowest BCUT2D eigenvalue weighted by Crippen LogP contribution is -2.50. The average Bonchev–Trinajstić information content (AvgIpc) is 2.23. The van der Waals surface area contributed by atoms with Crippen LogP contribution in [0.1, 0.15) is 29.8 Å².